The van der Waals surface area contributed by atoms with Crippen LogP contribution < -0.4 is 10.6 Å². The molecule has 2 N–H and O–H groups in total. The van der Waals surface area contributed by atoms with Gasteiger partial charge in [-0.2, -0.15) is 0 Å². The summed E-state index contributed by atoms with van der Waals surface area (Å²) in [5, 5.41) is 6.83. The molecule has 0 radical (unpaired) electrons. The minimum absolute atomic E-state index is 0.135. The minimum Gasteiger partial charge on any atom is -0.379 e. The predicted octanol–water partition coefficient (Wildman–Crippen LogP) is 3.46. The van der Waals surface area contributed by atoms with Crippen LogP contribution in [0.2, 0.25) is 0 Å². The van der Waals surface area contributed by atoms with E-state index in [1.165, 1.54) is 22.4 Å². The number of anilines is 1. The first-order valence-electron chi connectivity index (χ1n) is 9.53. The number of aryl methyl sites for hydroxylation is 1. The molecule has 1 saturated heterocycles. The number of para-hydroxylation sites is 1. The normalized spacial score (nSPS) is 19.8. The Morgan fingerprint density at radius 1 is 1.04 bits per heavy atom. The van der Waals surface area contributed by atoms with E-state index in [9.17, 15) is 4.79 Å². The second-order valence-corrected chi connectivity index (χ2v) is 7.78. The standard InChI is InChI=1S/C22H27N3O/c1-17-6-8-18(9-7-17)16-25-12-10-22(11-13-25)14-21(26)23-15-19-4-2-3-5-20(19)24-22/h2-9,24H,10-16H2,1H3,(H,23,26). The van der Waals surface area contributed by atoms with Gasteiger partial charge >= 0.3 is 0 Å². The number of piperidine rings is 1. The van der Waals surface area contributed by atoms with Gasteiger partial charge in [0.1, 0.15) is 0 Å². The van der Waals surface area contributed by atoms with Crippen LogP contribution in [0, 0.1) is 6.92 Å². The number of fused-ring (bicyclic) bond motifs is 1. The van der Waals surface area contributed by atoms with Crippen LogP contribution in [0.4, 0.5) is 5.69 Å². The molecule has 0 atom stereocenters. The Morgan fingerprint density at radius 2 is 1.77 bits per heavy atom. The Bertz CT molecular complexity index is 776. The van der Waals surface area contributed by atoms with E-state index in [1.807, 2.05) is 6.07 Å². The van der Waals surface area contributed by atoms with Crippen molar-refractivity contribution in [1.29, 1.82) is 0 Å². The fourth-order valence-corrected chi connectivity index (χ4v) is 4.08. The highest BCUT2D eigenvalue weighted by Crippen LogP contribution is 2.33. The first-order chi connectivity index (χ1) is 12.6. The van der Waals surface area contributed by atoms with Crippen molar-refractivity contribution in [3.8, 4) is 0 Å². The third-order valence-corrected chi connectivity index (χ3v) is 5.73. The molecule has 2 heterocycles. The lowest BCUT2D eigenvalue weighted by Gasteiger charge is -2.44. The van der Waals surface area contributed by atoms with Crippen molar-refractivity contribution in [2.24, 2.45) is 0 Å². The summed E-state index contributed by atoms with van der Waals surface area (Å²) < 4.78 is 0. The molecule has 2 aliphatic heterocycles. The lowest BCUT2D eigenvalue weighted by molar-refractivity contribution is -0.122. The Morgan fingerprint density at radius 3 is 2.54 bits per heavy atom. The molecule has 26 heavy (non-hydrogen) atoms. The van der Waals surface area contributed by atoms with E-state index in [2.05, 4.69) is 64.9 Å². The molecule has 1 amide bonds. The average Bonchev–Trinajstić information content (AvgIpc) is 2.64. The Kier molecular flexibility index (Phi) is 4.68. The van der Waals surface area contributed by atoms with E-state index in [0.717, 1.165) is 32.5 Å². The van der Waals surface area contributed by atoms with Gasteiger partial charge < -0.3 is 10.6 Å². The fourth-order valence-electron chi connectivity index (χ4n) is 4.08. The van der Waals surface area contributed by atoms with Crippen LogP contribution in [0.25, 0.3) is 0 Å². The molecule has 4 heteroatoms. The molecular weight excluding hydrogens is 322 g/mol. The number of rotatable bonds is 2. The molecule has 0 bridgehead atoms. The molecule has 2 aromatic rings. The molecule has 2 aromatic carbocycles. The van der Waals surface area contributed by atoms with Crippen molar-refractivity contribution in [2.75, 3.05) is 18.4 Å². The van der Waals surface area contributed by atoms with Crippen LogP contribution in [-0.4, -0.2) is 29.4 Å². The summed E-state index contributed by atoms with van der Waals surface area (Å²) in [5.41, 5.74) is 4.86. The summed E-state index contributed by atoms with van der Waals surface area (Å²) >= 11 is 0. The molecule has 2 aliphatic rings. The van der Waals surface area contributed by atoms with E-state index in [-0.39, 0.29) is 11.4 Å². The summed E-state index contributed by atoms with van der Waals surface area (Å²) in [6.07, 6.45) is 2.53. The first kappa shape index (κ1) is 17.1. The quantitative estimate of drug-likeness (QED) is 0.873. The van der Waals surface area contributed by atoms with Gasteiger partial charge in [-0.25, -0.2) is 0 Å². The highest BCUT2D eigenvalue weighted by Gasteiger charge is 2.37. The summed E-state index contributed by atoms with van der Waals surface area (Å²) in [4.78, 5) is 14.9. The van der Waals surface area contributed by atoms with E-state index >= 15 is 0 Å². The van der Waals surface area contributed by atoms with Gasteiger partial charge in [-0.05, 0) is 37.0 Å². The number of benzene rings is 2. The van der Waals surface area contributed by atoms with Gasteiger partial charge in [0.2, 0.25) is 5.91 Å². The number of likely N-dealkylation sites (tertiary alicyclic amines) is 1. The molecule has 0 unspecified atom stereocenters. The molecule has 1 spiro atoms. The van der Waals surface area contributed by atoms with Crippen molar-refractivity contribution < 1.29 is 4.79 Å². The van der Waals surface area contributed by atoms with Gasteiger partial charge in [0.05, 0.1) is 0 Å². The summed E-state index contributed by atoms with van der Waals surface area (Å²) in [6, 6.07) is 17.1. The zero-order valence-electron chi connectivity index (χ0n) is 15.4. The summed E-state index contributed by atoms with van der Waals surface area (Å²) in [5.74, 6) is 0.152. The highest BCUT2D eigenvalue weighted by atomic mass is 16.1. The Balaban J connectivity index is 1.46. The molecule has 1 fully saturated rings. The third-order valence-electron chi connectivity index (χ3n) is 5.73. The van der Waals surface area contributed by atoms with Crippen molar-refractivity contribution >= 4 is 11.6 Å². The Labute approximate surface area is 155 Å². The third kappa shape index (κ3) is 3.75. The van der Waals surface area contributed by atoms with Gasteiger partial charge in [0.25, 0.3) is 0 Å². The van der Waals surface area contributed by atoms with E-state index < -0.39 is 0 Å². The maximum Gasteiger partial charge on any atom is 0.222 e. The van der Waals surface area contributed by atoms with Crippen LogP contribution in [0.15, 0.2) is 48.5 Å². The molecule has 0 aromatic heterocycles. The molecule has 4 nitrogen and oxygen atoms in total. The van der Waals surface area contributed by atoms with Crippen molar-refractivity contribution in [2.45, 2.75) is 44.8 Å². The van der Waals surface area contributed by atoms with Gasteiger partial charge in [-0.1, -0.05) is 48.0 Å². The van der Waals surface area contributed by atoms with Crippen LogP contribution >= 0.6 is 0 Å². The number of nitrogens with zero attached hydrogens (tertiary/aromatic N) is 1. The second kappa shape index (κ2) is 7.12. The number of amides is 1. The van der Waals surface area contributed by atoms with E-state index in [4.69, 9.17) is 0 Å². The number of carbonyl (C=O) groups excluding carboxylic acids is 1. The Hall–Kier alpha value is -2.33. The fraction of sp³-hybridized carbons (Fsp3) is 0.409. The average molecular weight is 349 g/mol. The lowest BCUT2D eigenvalue weighted by atomic mass is 9.82. The number of nitrogens with one attached hydrogen (secondary N) is 2. The maximum absolute atomic E-state index is 12.4. The lowest BCUT2D eigenvalue weighted by Crippen LogP contribution is -2.52. The van der Waals surface area contributed by atoms with Crippen molar-refractivity contribution in [3.05, 3.63) is 65.2 Å². The first-order valence-corrected chi connectivity index (χ1v) is 9.53. The predicted molar refractivity (Wildman–Crippen MR) is 105 cm³/mol. The smallest absolute Gasteiger partial charge is 0.222 e. The summed E-state index contributed by atoms with van der Waals surface area (Å²) in [6.45, 7) is 5.74. The molecule has 0 saturated carbocycles. The zero-order chi connectivity index (χ0) is 18.0. The molecule has 0 aliphatic carbocycles. The monoisotopic (exact) mass is 349 g/mol. The SMILES string of the molecule is Cc1ccc(CN2CCC3(CC2)CC(=O)NCc2ccccc2N3)cc1. The maximum atomic E-state index is 12.4. The number of carbonyl (C=O) groups is 1. The second-order valence-electron chi connectivity index (χ2n) is 7.78. The molecule has 4 rings (SSSR count). The van der Waals surface area contributed by atoms with E-state index in [0.29, 0.717) is 13.0 Å². The molecular formula is C22H27N3O. The van der Waals surface area contributed by atoms with E-state index in [1.54, 1.807) is 0 Å². The molecule has 136 valence electrons. The van der Waals surface area contributed by atoms with Crippen LogP contribution in [0.5, 0.6) is 0 Å². The van der Waals surface area contributed by atoms with Gasteiger partial charge in [-0.3, -0.25) is 9.69 Å². The van der Waals surface area contributed by atoms with Crippen molar-refractivity contribution in [3.63, 3.8) is 0 Å². The number of hydrogen-bond acceptors (Lipinski definition) is 3. The number of hydrogen-bond donors (Lipinski definition) is 2. The highest BCUT2D eigenvalue weighted by molar-refractivity contribution is 5.79. The minimum atomic E-state index is -0.135. The van der Waals surface area contributed by atoms with Gasteiger partial charge in [0, 0.05) is 43.8 Å². The van der Waals surface area contributed by atoms with Crippen LogP contribution in [-0.2, 0) is 17.9 Å². The zero-order valence-corrected chi connectivity index (χ0v) is 15.4. The summed E-state index contributed by atoms with van der Waals surface area (Å²) in [7, 11) is 0. The largest absolute Gasteiger partial charge is 0.379 e. The van der Waals surface area contributed by atoms with Crippen molar-refractivity contribution in [1.82, 2.24) is 10.2 Å². The topological polar surface area (TPSA) is 44.4 Å². The van der Waals surface area contributed by atoms with Gasteiger partial charge in [-0.15, -0.1) is 0 Å². The van der Waals surface area contributed by atoms with Gasteiger partial charge in [0.15, 0.2) is 0 Å². The van der Waals surface area contributed by atoms with Crippen LogP contribution in [0.3, 0.4) is 0 Å². The van der Waals surface area contributed by atoms with Crippen LogP contribution in [0.1, 0.15) is 36.0 Å².